The summed E-state index contributed by atoms with van der Waals surface area (Å²) in [4.78, 5) is 20.8. The van der Waals surface area contributed by atoms with E-state index in [0.29, 0.717) is 16.7 Å². The maximum Gasteiger partial charge on any atom is 0.242 e. The van der Waals surface area contributed by atoms with Crippen LogP contribution in [-0.4, -0.2) is 48.4 Å². The van der Waals surface area contributed by atoms with Crippen molar-refractivity contribution in [1.29, 1.82) is 0 Å². The standard InChI is InChI=1S/C17H23N5O3S2/c1-10-6-13(27(24,25)22(4)5)8-14(12(10)3)20-16(23)9-26-17-19-11(2)7-15(18)21-17/h6-8H,9H2,1-5H3,(H,20,23)(H2,18,19,21). The van der Waals surface area contributed by atoms with Crippen molar-refractivity contribution in [3.63, 3.8) is 0 Å². The van der Waals surface area contributed by atoms with Crippen LogP contribution in [0.15, 0.2) is 28.3 Å². The van der Waals surface area contributed by atoms with Crippen LogP contribution in [0.3, 0.4) is 0 Å². The van der Waals surface area contributed by atoms with Crippen LogP contribution in [0, 0.1) is 20.8 Å². The highest BCUT2D eigenvalue weighted by molar-refractivity contribution is 7.99. The molecule has 0 aliphatic rings. The highest BCUT2D eigenvalue weighted by atomic mass is 32.2. The molecule has 8 nitrogen and oxygen atoms in total. The number of nitrogens with one attached hydrogen (secondary N) is 1. The summed E-state index contributed by atoms with van der Waals surface area (Å²) < 4.78 is 25.9. The SMILES string of the molecule is Cc1cc(N)nc(SCC(=O)Nc2cc(S(=O)(=O)N(C)C)cc(C)c2C)n1. The van der Waals surface area contributed by atoms with Gasteiger partial charge in [0.15, 0.2) is 5.16 Å². The number of hydrogen-bond donors (Lipinski definition) is 2. The zero-order valence-corrected chi connectivity index (χ0v) is 17.5. The van der Waals surface area contributed by atoms with Crippen molar-refractivity contribution in [3.8, 4) is 0 Å². The van der Waals surface area contributed by atoms with Gasteiger partial charge in [-0.05, 0) is 44.0 Å². The molecule has 0 spiro atoms. The van der Waals surface area contributed by atoms with Gasteiger partial charge in [-0.1, -0.05) is 11.8 Å². The Balaban J connectivity index is 2.18. The monoisotopic (exact) mass is 409 g/mol. The van der Waals surface area contributed by atoms with Gasteiger partial charge in [-0.2, -0.15) is 0 Å². The molecular formula is C17H23N5O3S2. The summed E-state index contributed by atoms with van der Waals surface area (Å²) >= 11 is 1.16. The summed E-state index contributed by atoms with van der Waals surface area (Å²) in [6, 6.07) is 4.72. The number of carbonyl (C=O) groups is 1. The highest BCUT2D eigenvalue weighted by Gasteiger charge is 2.20. The lowest BCUT2D eigenvalue weighted by Crippen LogP contribution is -2.23. The molecule has 1 aromatic heterocycles. The van der Waals surface area contributed by atoms with Gasteiger partial charge in [0.05, 0.1) is 10.6 Å². The number of hydrogen-bond acceptors (Lipinski definition) is 7. The number of benzene rings is 1. The molecule has 0 saturated carbocycles. The van der Waals surface area contributed by atoms with Crippen LogP contribution >= 0.6 is 11.8 Å². The van der Waals surface area contributed by atoms with Crippen LogP contribution in [-0.2, 0) is 14.8 Å². The van der Waals surface area contributed by atoms with E-state index in [2.05, 4.69) is 15.3 Å². The van der Waals surface area contributed by atoms with Crippen LogP contribution in [0.5, 0.6) is 0 Å². The minimum Gasteiger partial charge on any atom is -0.384 e. The third-order valence-corrected chi connectivity index (χ3v) is 6.52. The molecule has 2 rings (SSSR count). The molecule has 146 valence electrons. The number of nitrogens with zero attached hydrogens (tertiary/aromatic N) is 3. The van der Waals surface area contributed by atoms with Gasteiger partial charge in [0.25, 0.3) is 0 Å². The molecule has 2 aromatic rings. The molecule has 0 unspecified atom stereocenters. The first-order valence-electron chi connectivity index (χ1n) is 8.08. The first kappa shape index (κ1) is 21.1. The lowest BCUT2D eigenvalue weighted by atomic mass is 10.1. The smallest absolute Gasteiger partial charge is 0.242 e. The molecule has 0 aliphatic carbocycles. The lowest BCUT2D eigenvalue weighted by molar-refractivity contribution is -0.113. The minimum absolute atomic E-state index is 0.0754. The number of anilines is 2. The number of sulfonamides is 1. The van der Waals surface area contributed by atoms with E-state index in [-0.39, 0.29) is 16.6 Å². The van der Waals surface area contributed by atoms with Crippen molar-refractivity contribution in [2.45, 2.75) is 30.8 Å². The molecule has 1 heterocycles. The Kier molecular flexibility index (Phi) is 6.45. The molecular weight excluding hydrogens is 386 g/mol. The van der Waals surface area contributed by atoms with E-state index in [1.807, 2.05) is 6.92 Å². The predicted octanol–water partition coefficient (Wildman–Crippen LogP) is 1.97. The summed E-state index contributed by atoms with van der Waals surface area (Å²) in [5.41, 5.74) is 8.45. The van der Waals surface area contributed by atoms with Crippen LogP contribution in [0.1, 0.15) is 16.8 Å². The molecule has 1 amide bonds. The van der Waals surface area contributed by atoms with Crippen molar-refractivity contribution >= 4 is 39.2 Å². The van der Waals surface area contributed by atoms with E-state index >= 15 is 0 Å². The summed E-state index contributed by atoms with van der Waals surface area (Å²) in [6.45, 7) is 5.43. The average molecular weight is 410 g/mol. The first-order valence-corrected chi connectivity index (χ1v) is 10.5. The highest BCUT2D eigenvalue weighted by Crippen LogP contribution is 2.26. The van der Waals surface area contributed by atoms with Crippen LogP contribution in [0.2, 0.25) is 0 Å². The molecule has 3 N–H and O–H groups in total. The van der Waals surface area contributed by atoms with Crippen molar-refractivity contribution in [2.75, 3.05) is 30.9 Å². The molecule has 0 atom stereocenters. The number of nitrogen functional groups attached to an aromatic ring is 1. The van der Waals surface area contributed by atoms with Crippen molar-refractivity contribution in [3.05, 3.63) is 35.0 Å². The van der Waals surface area contributed by atoms with E-state index < -0.39 is 10.0 Å². The second-order valence-electron chi connectivity index (χ2n) is 6.25. The van der Waals surface area contributed by atoms with E-state index in [4.69, 9.17) is 5.73 Å². The Labute approximate surface area is 163 Å². The third kappa shape index (κ3) is 5.18. The molecule has 0 radical (unpaired) electrons. The molecule has 1 aromatic carbocycles. The Morgan fingerprint density at radius 1 is 1.19 bits per heavy atom. The van der Waals surface area contributed by atoms with E-state index in [9.17, 15) is 13.2 Å². The quantitative estimate of drug-likeness (QED) is 0.553. The molecule has 0 fully saturated rings. The number of nitrogens with two attached hydrogens (primary N) is 1. The van der Waals surface area contributed by atoms with E-state index in [1.54, 1.807) is 26.0 Å². The fourth-order valence-electron chi connectivity index (χ4n) is 2.26. The van der Waals surface area contributed by atoms with Gasteiger partial charge >= 0.3 is 0 Å². The van der Waals surface area contributed by atoms with Crippen LogP contribution in [0.25, 0.3) is 0 Å². The number of thioether (sulfide) groups is 1. The van der Waals surface area contributed by atoms with Gasteiger partial charge in [-0.3, -0.25) is 4.79 Å². The van der Waals surface area contributed by atoms with Crippen LogP contribution < -0.4 is 11.1 Å². The van der Waals surface area contributed by atoms with Crippen molar-refractivity contribution < 1.29 is 13.2 Å². The number of aromatic nitrogens is 2. The maximum absolute atomic E-state index is 12.4. The zero-order valence-electron chi connectivity index (χ0n) is 15.9. The van der Waals surface area contributed by atoms with Gasteiger partial charge < -0.3 is 11.1 Å². The molecule has 0 bridgehead atoms. The topological polar surface area (TPSA) is 118 Å². The molecule has 0 aliphatic heterocycles. The van der Waals surface area contributed by atoms with Crippen LogP contribution in [0.4, 0.5) is 11.5 Å². The van der Waals surface area contributed by atoms with Gasteiger partial charge in [0.2, 0.25) is 15.9 Å². The summed E-state index contributed by atoms with van der Waals surface area (Å²) in [7, 11) is -0.666. The predicted molar refractivity (Wildman–Crippen MR) is 107 cm³/mol. The van der Waals surface area contributed by atoms with Gasteiger partial charge in [-0.15, -0.1) is 0 Å². The maximum atomic E-state index is 12.4. The first-order chi connectivity index (χ1) is 12.5. The zero-order chi connectivity index (χ0) is 20.4. The number of aryl methyl sites for hydroxylation is 2. The normalized spacial score (nSPS) is 11.6. The van der Waals surface area contributed by atoms with Gasteiger partial charge in [-0.25, -0.2) is 22.7 Å². The van der Waals surface area contributed by atoms with Crippen molar-refractivity contribution in [1.82, 2.24) is 14.3 Å². The average Bonchev–Trinajstić information content (AvgIpc) is 2.55. The number of rotatable bonds is 6. The minimum atomic E-state index is -3.60. The molecule has 0 saturated heterocycles. The largest absolute Gasteiger partial charge is 0.384 e. The molecule has 10 heteroatoms. The van der Waals surface area contributed by atoms with E-state index in [0.717, 1.165) is 32.9 Å². The Bertz CT molecular complexity index is 955. The van der Waals surface area contributed by atoms with Crippen molar-refractivity contribution in [2.24, 2.45) is 0 Å². The van der Waals surface area contributed by atoms with E-state index in [1.165, 1.54) is 20.2 Å². The summed E-state index contributed by atoms with van der Waals surface area (Å²) in [6.07, 6.45) is 0. The summed E-state index contributed by atoms with van der Waals surface area (Å²) in [5, 5.41) is 3.19. The lowest BCUT2D eigenvalue weighted by Gasteiger charge is -2.16. The Morgan fingerprint density at radius 2 is 1.85 bits per heavy atom. The second-order valence-corrected chi connectivity index (χ2v) is 9.35. The third-order valence-electron chi connectivity index (χ3n) is 3.88. The number of amides is 1. The molecule has 27 heavy (non-hydrogen) atoms. The van der Waals surface area contributed by atoms with Gasteiger partial charge in [0, 0.05) is 31.5 Å². The fraction of sp³-hybridized carbons (Fsp3) is 0.353. The Morgan fingerprint density at radius 3 is 2.44 bits per heavy atom. The Hall–Kier alpha value is -2.17. The fourth-order valence-corrected chi connectivity index (χ4v) is 3.99. The number of carbonyl (C=O) groups excluding carboxylic acids is 1. The summed E-state index contributed by atoms with van der Waals surface area (Å²) in [5.74, 6) is 0.135. The van der Waals surface area contributed by atoms with Gasteiger partial charge in [0.1, 0.15) is 5.82 Å². The second kappa shape index (κ2) is 8.24.